The maximum Gasteiger partial charge on any atom is 0.300 e. The zero-order chi connectivity index (χ0) is 15.8. The summed E-state index contributed by atoms with van der Waals surface area (Å²) in [6.07, 6.45) is 1.13. The number of nitrogens with one attached hydrogen (secondary N) is 3. The second-order valence-corrected chi connectivity index (χ2v) is 4.05. The van der Waals surface area contributed by atoms with Crippen LogP contribution in [0.2, 0.25) is 0 Å². The summed E-state index contributed by atoms with van der Waals surface area (Å²) in [7, 11) is 1.59. The van der Waals surface area contributed by atoms with Crippen molar-refractivity contribution in [2.75, 3.05) is 25.5 Å². The Morgan fingerprint density at radius 3 is 2.67 bits per heavy atom. The SMILES string of the molecule is CCNC(=O)CCNC(=O)c1cc(NC)ncc1[N+](=O)[O-]. The number of aromatic nitrogens is 1. The molecule has 1 rings (SSSR count). The lowest BCUT2D eigenvalue weighted by atomic mass is 10.2. The molecule has 0 fully saturated rings. The molecular formula is C12H17N5O4. The molecule has 0 atom stereocenters. The Bertz CT molecular complexity index is 546. The molecule has 0 unspecified atom stereocenters. The van der Waals surface area contributed by atoms with Crippen molar-refractivity contribution >= 4 is 23.3 Å². The van der Waals surface area contributed by atoms with Crippen molar-refractivity contribution in [3.05, 3.63) is 27.9 Å². The topological polar surface area (TPSA) is 126 Å². The van der Waals surface area contributed by atoms with E-state index in [4.69, 9.17) is 0 Å². The average molecular weight is 295 g/mol. The Labute approximate surface area is 121 Å². The van der Waals surface area contributed by atoms with Crippen molar-refractivity contribution in [2.24, 2.45) is 0 Å². The van der Waals surface area contributed by atoms with E-state index < -0.39 is 10.8 Å². The van der Waals surface area contributed by atoms with Crippen LogP contribution in [0.25, 0.3) is 0 Å². The zero-order valence-corrected chi connectivity index (χ0v) is 11.8. The first-order valence-electron chi connectivity index (χ1n) is 6.36. The number of hydrogen-bond donors (Lipinski definition) is 3. The summed E-state index contributed by atoms with van der Waals surface area (Å²) in [6, 6.07) is 1.29. The summed E-state index contributed by atoms with van der Waals surface area (Å²) < 4.78 is 0. The van der Waals surface area contributed by atoms with Crippen LogP contribution < -0.4 is 16.0 Å². The third-order valence-electron chi connectivity index (χ3n) is 2.59. The van der Waals surface area contributed by atoms with E-state index in [1.54, 1.807) is 14.0 Å². The Morgan fingerprint density at radius 1 is 1.38 bits per heavy atom. The van der Waals surface area contributed by atoms with Crippen LogP contribution in [0.15, 0.2) is 12.3 Å². The maximum absolute atomic E-state index is 12.0. The highest BCUT2D eigenvalue weighted by molar-refractivity contribution is 5.98. The monoisotopic (exact) mass is 295 g/mol. The molecule has 0 spiro atoms. The molecule has 21 heavy (non-hydrogen) atoms. The molecule has 9 heteroatoms. The highest BCUT2D eigenvalue weighted by Crippen LogP contribution is 2.19. The lowest BCUT2D eigenvalue weighted by molar-refractivity contribution is -0.385. The van der Waals surface area contributed by atoms with Crippen LogP contribution >= 0.6 is 0 Å². The molecule has 9 nitrogen and oxygen atoms in total. The molecule has 0 radical (unpaired) electrons. The summed E-state index contributed by atoms with van der Waals surface area (Å²) in [5.41, 5.74) is -0.486. The van der Waals surface area contributed by atoms with Crippen LogP contribution in [0.4, 0.5) is 11.5 Å². The van der Waals surface area contributed by atoms with Crippen LogP contribution in [0, 0.1) is 10.1 Å². The van der Waals surface area contributed by atoms with Gasteiger partial charge in [-0.3, -0.25) is 19.7 Å². The van der Waals surface area contributed by atoms with Gasteiger partial charge >= 0.3 is 0 Å². The second-order valence-electron chi connectivity index (χ2n) is 4.05. The van der Waals surface area contributed by atoms with Gasteiger partial charge in [0.25, 0.3) is 11.6 Å². The number of rotatable bonds is 7. The van der Waals surface area contributed by atoms with Crippen LogP contribution in [0.3, 0.4) is 0 Å². The predicted molar refractivity (Wildman–Crippen MR) is 76.1 cm³/mol. The maximum atomic E-state index is 12.0. The highest BCUT2D eigenvalue weighted by atomic mass is 16.6. The van der Waals surface area contributed by atoms with E-state index >= 15 is 0 Å². The number of pyridine rings is 1. The lowest BCUT2D eigenvalue weighted by Gasteiger charge is -2.07. The predicted octanol–water partition coefficient (Wildman–Crippen LogP) is 0.287. The molecule has 0 bridgehead atoms. The molecule has 1 aromatic rings. The van der Waals surface area contributed by atoms with Gasteiger partial charge < -0.3 is 16.0 Å². The molecule has 0 aromatic carbocycles. The van der Waals surface area contributed by atoms with Crippen LogP contribution in [-0.2, 0) is 4.79 Å². The Hall–Kier alpha value is -2.71. The fraction of sp³-hybridized carbons (Fsp3) is 0.417. The first kappa shape index (κ1) is 16.3. The van der Waals surface area contributed by atoms with E-state index in [0.29, 0.717) is 12.4 Å². The molecule has 3 N–H and O–H groups in total. The first-order chi connectivity index (χ1) is 9.99. The Kier molecular flexibility index (Phi) is 6.05. The summed E-state index contributed by atoms with van der Waals surface area (Å²) in [4.78, 5) is 37.2. The van der Waals surface area contributed by atoms with Gasteiger partial charge in [-0.05, 0) is 6.92 Å². The van der Waals surface area contributed by atoms with Gasteiger partial charge in [0.05, 0.1) is 4.92 Å². The van der Waals surface area contributed by atoms with E-state index in [0.717, 1.165) is 6.20 Å². The van der Waals surface area contributed by atoms with Crippen molar-refractivity contribution in [2.45, 2.75) is 13.3 Å². The number of nitrogens with zero attached hydrogens (tertiary/aromatic N) is 2. The lowest BCUT2D eigenvalue weighted by Crippen LogP contribution is -2.31. The van der Waals surface area contributed by atoms with Gasteiger partial charge in [-0.15, -0.1) is 0 Å². The van der Waals surface area contributed by atoms with Crippen molar-refractivity contribution in [1.82, 2.24) is 15.6 Å². The van der Waals surface area contributed by atoms with Crippen molar-refractivity contribution in [3.8, 4) is 0 Å². The zero-order valence-electron chi connectivity index (χ0n) is 11.8. The minimum atomic E-state index is -0.675. The van der Waals surface area contributed by atoms with Gasteiger partial charge in [-0.2, -0.15) is 0 Å². The minimum absolute atomic E-state index is 0.0963. The summed E-state index contributed by atoms with van der Waals surface area (Å²) in [5, 5.41) is 18.7. The van der Waals surface area contributed by atoms with E-state index in [2.05, 4.69) is 20.9 Å². The van der Waals surface area contributed by atoms with Gasteiger partial charge in [0.15, 0.2) is 0 Å². The Balaban J connectivity index is 2.76. The molecule has 0 aliphatic carbocycles. The quantitative estimate of drug-likeness (QED) is 0.490. The van der Waals surface area contributed by atoms with E-state index in [1.165, 1.54) is 6.07 Å². The van der Waals surface area contributed by atoms with Crippen molar-refractivity contribution in [3.63, 3.8) is 0 Å². The van der Waals surface area contributed by atoms with E-state index in [-0.39, 0.29) is 30.1 Å². The summed E-state index contributed by atoms with van der Waals surface area (Å²) in [6.45, 7) is 2.39. The smallest absolute Gasteiger partial charge is 0.300 e. The number of nitro groups is 1. The number of carbonyl (C=O) groups excluding carboxylic acids is 2. The molecule has 0 aliphatic heterocycles. The normalized spacial score (nSPS) is 9.81. The summed E-state index contributed by atoms with van der Waals surface area (Å²) >= 11 is 0. The molecule has 1 heterocycles. The second kappa shape index (κ2) is 7.78. The fourth-order valence-corrected chi connectivity index (χ4v) is 1.58. The fourth-order valence-electron chi connectivity index (χ4n) is 1.58. The van der Waals surface area contributed by atoms with Crippen molar-refractivity contribution in [1.29, 1.82) is 0 Å². The third-order valence-corrected chi connectivity index (χ3v) is 2.59. The molecule has 1 aromatic heterocycles. The van der Waals surface area contributed by atoms with Gasteiger partial charge in [-0.1, -0.05) is 0 Å². The average Bonchev–Trinajstić information content (AvgIpc) is 2.46. The molecule has 114 valence electrons. The molecule has 0 saturated heterocycles. The number of anilines is 1. The van der Waals surface area contributed by atoms with Gasteiger partial charge in [0.2, 0.25) is 5.91 Å². The van der Waals surface area contributed by atoms with Gasteiger partial charge in [0.1, 0.15) is 17.6 Å². The first-order valence-corrected chi connectivity index (χ1v) is 6.36. The van der Waals surface area contributed by atoms with Gasteiger partial charge in [0, 0.05) is 32.6 Å². The number of hydrogen-bond acceptors (Lipinski definition) is 6. The largest absolute Gasteiger partial charge is 0.373 e. The minimum Gasteiger partial charge on any atom is -0.373 e. The highest BCUT2D eigenvalue weighted by Gasteiger charge is 2.21. The molecule has 2 amide bonds. The molecular weight excluding hydrogens is 278 g/mol. The molecule has 0 aliphatic rings. The van der Waals surface area contributed by atoms with Gasteiger partial charge in [-0.25, -0.2) is 4.98 Å². The van der Waals surface area contributed by atoms with Crippen LogP contribution in [-0.4, -0.2) is 41.9 Å². The number of amides is 2. The van der Waals surface area contributed by atoms with Crippen LogP contribution in [0.1, 0.15) is 23.7 Å². The standard InChI is InChI=1S/C12H17N5O4/c1-3-14-11(18)4-5-15-12(19)8-6-10(13-2)16-7-9(8)17(20)21/h6-7H,3-5H2,1-2H3,(H,13,16)(H,14,18)(H,15,19). The molecule has 0 saturated carbocycles. The Morgan fingerprint density at radius 2 is 2.10 bits per heavy atom. The van der Waals surface area contributed by atoms with Crippen molar-refractivity contribution < 1.29 is 14.5 Å². The number of carbonyl (C=O) groups is 2. The van der Waals surface area contributed by atoms with Crippen LogP contribution in [0.5, 0.6) is 0 Å². The van der Waals surface area contributed by atoms with E-state index in [9.17, 15) is 19.7 Å². The van der Waals surface area contributed by atoms with E-state index in [1.807, 2.05) is 0 Å². The summed E-state index contributed by atoms with van der Waals surface area (Å²) in [5.74, 6) is -0.475. The third kappa shape index (κ3) is 4.71.